The topological polar surface area (TPSA) is 81.4 Å². The number of nitrogens with two attached hydrogens (primary N) is 1. The molecule has 0 saturated heterocycles. The van der Waals surface area contributed by atoms with Crippen LogP contribution in [0.25, 0.3) is 0 Å². The summed E-state index contributed by atoms with van der Waals surface area (Å²) in [6.07, 6.45) is 0.526. The molecule has 1 amide bonds. The van der Waals surface area contributed by atoms with Crippen molar-refractivity contribution in [1.29, 1.82) is 0 Å². The Labute approximate surface area is 158 Å². The highest BCUT2D eigenvalue weighted by Crippen LogP contribution is 2.49. The Morgan fingerprint density at radius 3 is 2.56 bits per heavy atom. The van der Waals surface area contributed by atoms with Gasteiger partial charge in [-0.2, -0.15) is 0 Å². The van der Waals surface area contributed by atoms with Crippen LogP contribution in [0.3, 0.4) is 0 Å². The lowest BCUT2D eigenvalue weighted by atomic mass is 9.54. The number of carbonyl (C=O) groups is 1. The second-order valence-electron chi connectivity index (χ2n) is 6.87. The van der Waals surface area contributed by atoms with E-state index in [2.05, 4.69) is 5.32 Å². The second-order valence-corrected chi connectivity index (χ2v) is 8.45. The van der Waals surface area contributed by atoms with Crippen molar-refractivity contribution < 1.29 is 13.7 Å². The van der Waals surface area contributed by atoms with Crippen LogP contribution in [0.2, 0.25) is 0 Å². The molecule has 1 saturated carbocycles. The van der Waals surface area contributed by atoms with Gasteiger partial charge in [0.1, 0.15) is 5.54 Å². The van der Waals surface area contributed by atoms with Gasteiger partial charge in [0, 0.05) is 47.3 Å². The maximum atomic E-state index is 12.5. The van der Waals surface area contributed by atoms with Crippen molar-refractivity contribution in [2.45, 2.75) is 44.6 Å². The number of nitrogens with one attached hydrogen (secondary N) is 1. The van der Waals surface area contributed by atoms with Gasteiger partial charge in [-0.15, -0.1) is 12.4 Å². The van der Waals surface area contributed by atoms with Gasteiger partial charge >= 0.3 is 0 Å². The third-order valence-electron chi connectivity index (χ3n) is 5.02. The molecule has 3 N–H and O–H groups in total. The number of hydrogen-bond acceptors (Lipinski definition) is 4. The van der Waals surface area contributed by atoms with E-state index in [1.165, 1.54) is 0 Å². The molecule has 7 heteroatoms. The van der Waals surface area contributed by atoms with Gasteiger partial charge in [-0.25, -0.2) is 0 Å². The molecule has 0 radical (unpaired) electrons. The Morgan fingerprint density at radius 1 is 1.36 bits per heavy atom. The number of halogens is 1. The van der Waals surface area contributed by atoms with Crippen LogP contribution >= 0.6 is 12.4 Å². The highest BCUT2D eigenvalue weighted by Gasteiger charge is 2.62. The van der Waals surface area contributed by atoms with Crippen LogP contribution in [0.5, 0.6) is 0 Å². The molecule has 5 nitrogen and oxygen atoms in total. The normalized spacial score (nSPS) is 25.4. The maximum Gasteiger partial charge on any atom is 0.240 e. The number of hydrogen-bond donors (Lipinski definition) is 2. The van der Waals surface area contributed by atoms with E-state index in [0.29, 0.717) is 31.1 Å². The molecule has 0 spiro atoms. The molecular formula is C18H29ClN2O3S. The van der Waals surface area contributed by atoms with E-state index in [1.807, 2.05) is 51.1 Å². The number of ether oxygens (including phenoxy) is 1. The summed E-state index contributed by atoms with van der Waals surface area (Å²) in [5, 5.41) is 2.85. The molecule has 1 aliphatic rings. The lowest BCUT2D eigenvalue weighted by Crippen LogP contribution is -2.75. The van der Waals surface area contributed by atoms with Crippen molar-refractivity contribution in [3.8, 4) is 0 Å². The van der Waals surface area contributed by atoms with E-state index in [-0.39, 0.29) is 24.4 Å². The van der Waals surface area contributed by atoms with Gasteiger partial charge in [0.15, 0.2) is 0 Å². The van der Waals surface area contributed by atoms with E-state index in [9.17, 15) is 9.00 Å². The van der Waals surface area contributed by atoms with E-state index in [0.717, 1.165) is 5.56 Å². The van der Waals surface area contributed by atoms with Crippen molar-refractivity contribution in [2.75, 3.05) is 18.9 Å². The minimum absolute atomic E-state index is 0. The average molecular weight is 389 g/mol. The SMILES string of the molecule is CCOC1CC(N)(C(=O)NCCS(=O)Cc2ccccc2)C1(C)C.Cl. The van der Waals surface area contributed by atoms with Gasteiger partial charge in [-0.3, -0.25) is 9.00 Å². The minimum atomic E-state index is -1.01. The number of rotatable bonds is 8. The van der Waals surface area contributed by atoms with Gasteiger partial charge in [-0.1, -0.05) is 44.2 Å². The fourth-order valence-electron chi connectivity index (χ4n) is 3.09. The van der Waals surface area contributed by atoms with Crippen LogP contribution in [0.15, 0.2) is 30.3 Å². The summed E-state index contributed by atoms with van der Waals surface area (Å²) in [6, 6.07) is 9.70. The third-order valence-corrected chi connectivity index (χ3v) is 6.34. The van der Waals surface area contributed by atoms with E-state index in [1.54, 1.807) is 0 Å². The van der Waals surface area contributed by atoms with Crippen LogP contribution in [-0.4, -0.2) is 40.7 Å². The maximum absolute atomic E-state index is 12.5. The van der Waals surface area contributed by atoms with E-state index in [4.69, 9.17) is 10.5 Å². The summed E-state index contributed by atoms with van der Waals surface area (Å²) in [4.78, 5) is 12.5. The first kappa shape index (κ1) is 22.1. The van der Waals surface area contributed by atoms with Gasteiger partial charge in [-0.05, 0) is 12.5 Å². The van der Waals surface area contributed by atoms with Gasteiger partial charge in [0.2, 0.25) is 5.91 Å². The quantitative estimate of drug-likeness (QED) is 0.713. The fraction of sp³-hybridized carbons (Fsp3) is 0.611. The Hall–Kier alpha value is -0.950. The average Bonchev–Trinajstić information content (AvgIpc) is 2.55. The van der Waals surface area contributed by atoms with Gasteiger partial charge < -0.3 is 15.8 Å². The molecule has 2 rings (SSSR count). The largest absolute Gasteiger partial charge is 0.378 e. The third kappa shape index (κ3) is 4.82. The Morgan fingerprint density at radius 2 is 2.00 bits per heavy atom. The second kappa shape index (κ2) is 9.12. The molecule has 0 aromatic heterocycles. The summed E-state index contributed by atoms with van der Waals surface area (Å²) in [6.45, 7) is 6.85. The summed E-state index contributed by atoms with van der Waals surface area (Å²) >= 11 is 0. The molecular weight excluding hydrogens is 360 g/mol. The molecule has 0 heterocycles. The molecule has 1 aliphatic carbocycles. The Balaban J connectivity index is 0.00000312. The molecule has 25 heavy (non-hydrogen) atoms. The molecule has 0 bridgehead atoms. The smallest absolute Gasteiger partial charge is 0.240 e. The summed E-state index contributed by atoms with van der Waals surface area (Å²) in [7, 11) is -1.01. The number of amides is 1. The monoisotopic (exact) mass is 388 g/mol. The molecule has 1 aromatic rings. The van der Waals surface area contributed by atoms with Crippen molar-refractivity contribution in [2.24, 2.45) is 11.1 Å². The molecule has 3 unspecified atom stereocenters. The lowest BCUT2D eigenvalue weighted by molar-refractivity contribution is -0.170. The van der Waals surface area contributed by atoms with Crippen molar-refractivity contribution in [1.82, 2.24) is 5.32 Å². The minimum Gasteiger partial charge on any atom is -0.378 e. The van der Waals surface area contributed by atoms with E-state index < -0.39 is 21.8 Å². The predicted octanol–water partition coefficient (Wildman–Crippen LogP) is 2.01. The van der Waals surface area contributed by atoms with Gasteiger partial charge in [0.05, 0.1) is 6.10 Å². The Kier molecular flexibility index (Phi) is 8.06. The zero-order chi connectivity index (χ0) is 17.8. The zero-order valence-electron chi connectivity index (χ0n) is 15.1. The standard InChI is InChI=1S/C18H28N2O3S.ClH/c1-4-23-15-12-18(19,17(15,2)3)16(21)20-10-11-24(22)13-14-8-6-5-7-9-14;/h5-9,15H,4,10-13,19H2,1-3H3,(H,20,21);1H. The van der Waals surface area contributed by atoms with Crippen molar-refractivity contribution >= 4 is 29.1 Å². The van der Waals surface area contributed by atoms with Crippen LogP contribution in [0.4, 0.5) is 0 Å². The summed E-state index contributed by atoms with van der Waals surface area (Å²) in [5.41, 5.74) is 6.03. The summed E-state index contributed by atoms with van der Waals surface area (Å²) in [5.74, 6) is 0.745. The molecule has 1 aromatic carbocycles. The van der Waals surface area contributed by atoms with E-state index >= 15 is 0 Å². The number of carbonyl (C=O) groups excluding carboxylic acids is 1. The molecule has 142 valence electrons. The highest BCUT2D eigenvalue weighted by molar-refractivity contribution is 7.84. The van der Waals surface area contributed by atoms with Crippen LogP contribution in [0.1, 0.15) is 32.8 Å². The lowest BCUT2D eigenvalue weighted by Gasteiger charge is -2.57. The van der Waals surface area contributed by atoms with Crippen molar-refractivity contribution in [3.05, 3.63) is 35.9 Å². The molecule has 3 atom stereocenters. The molecule has 1 fully saturated rings. The van der Waals surface area contributed by atoms with Crippen LogP contribution in [-0.2, 0) is 26.1 Å². The van der Waals surface area contributed by atoms with Crippen LogP contribution < -0.4 is 11.1 Å². The first-order valence-electron chi connectivity index (χ1n) is 8.39. The zero-order valence-corrected chi connectivity index (χ0v) is 16.8. The van der Waals surface area contributed by atoms with Crippen molar-refractivity contribution in [3.63, 3.8) is 0 Å². The van der Waals surface area contributed by atoms with Crippen LogP contribution in [0, 0.1) is 5.41 Å². The Bertz CT molecular complexity index is 597. The van der Waals surface area contributed by atoms with Gasteiger partial charge in [0.25, 0.3) is 0 Å². The predicted molar refractivity (Wildman–Crippen MR) is 104 cm³/mol. The highest BCUT2D eigenvalue weighted by atomic mass is 35.5. The number of benzene rings is 1. The molecule has 0 aliphatic heterocycles. The first-order valence-corrected chi connectivity index (χ1v) is 9.87. The fourth-order valence-corrected chi connectivity index (χ4v) is 4.13. The summed E-state index contributed by atoms with van der Waals surface area (Å²) < 4.78 is 17.7. The first-order chi connectivity index (χ1) is 11.3.